The molecule has 2 atom stereocenters. The highest BCUT2D eigenvalue weighted by Gasteiger charge is 2.25. The minimum atomic E-state index is 0.380. The summed E-state index contributed by atoms with van der Waals surface area (Å²) in [6.07, 6.45) is 4.25. The molecular formula is C17H22N2O. The van der Waals surface area contributed by atoms with E-state index in [1.165, 1.54) is 23.8 Å². The van der Waals surface area contributed by atoms with Crippen molar-refractivity contribution in [2.45, 2.75) is 25.8 Å². The Hall–Kier alpha value is -1.45. The number of rotatable bonds is 4. The lowest BCUT2D eigenvalue weighted by atomic mass is 9.88. The number of hydrogen-bond donors (Lipinski definition) is 1. The molecule has 0 saturated carbocycles. The van der Waals surface area contributed by atoms with Crippen LogP contribution in [-0.2, 0) is 4.74 Å². The van der Waals surface area contributed by atoms with Crippen molar-refractivity contribution in [3.05, 3.63) is 42.1 Å². The molecule has 2 unspecified atom stereocenters. The highest BCUT2D eigenvalue weighted by atomic mass is 16.5. The summed E-state index contributed by atoms with van der Waals surface area (Å²) in [5.41, 5.74) is 2.41. The Bertz CT molecular complexity index is 564. The summed E-state index contributed by atoms with van der Waals surface area (Å²) in [5.74, 6) is 0.567. The molecule has 2 heterocycles. The zero-order valence-corrected chi connectivity index (χ0v) is 12.0. The third kappa shape index (κ3) is 2.84. The maximum absolute atomic E-state index is 5.67. The summed E-state index contributed by atoms with van der Waals surface area (Å²) >= 11 is 0. The number of aromatic nitrogens is 1. The molecule has 2 aromatic rings. The van der Waals surface area contributed by atoms with Crippen molar-refractivity contribution in [2.24, 2.45) is 5.92 Å². The Kier molecular flexibility index (Phi) is 4.28. The third-order valence-corrected chi connectivity index (χ3v) is 4.08. The number of pyridine rings is 1. The van der Waals surface area contributed by atoms with E-state index in [1.54, 1.807) is 0 Å². The molecule has 1 aliphatic heterocycles. The summed E-state index contributed by atoms with van der Waals surface area (Å²) in [4.78, 5) is 4.40. The van der Waals surface area contributed by atoms with Gasteiger partial charge < -0.3 is 10.1 Å². The molecule has 106 valence electrons. The van der Waals surface area contributed by atoms with Crippen molar-refractivity contribution in [2.75, 3.05) is 19.8 Å². The van der Waals surface area contributed by atoms with Gasteiger partial charge in [-0.3, -0.25) is 4.98 Å². The van der Waals surface area contributed by atoms with Gasteiger partial charge in [0.1, 0.15) is 0 Å². The molecule has 1 fully saturated rings. The predicted molar refractivity (Wildman–Crippen MR) is 81.7 cm³/mol. The van der Waals surface area contributed by atoms with Gasteiger partial charge >= 0.3 is 0 Å². The van der Waals surface area contributed by atoms with Crippen LogP contribution in [0.2, 0.25) is 0 Å². The second-order valence-electron chi connectivity index (χ2n) is 5.47. The fourth-order valence-electron chi connectivity index (χ4n) is 3.09. The average molecular weight is 270 g/mol. The Labute approximate surface area is 120 Å². The van der Waals surface area contributed by atoms with Crippen molar-refractivity contribution >= 4 is 10.9 Å². The van der Waals surface area contributed by atoms with Crippen LogP contribution < -0.4 is 5.32 Å². The third-order valence-electron chi connectivity index (χ3n) is 4.08. The van der Waals surface area contributed by atoms with Crippen LogP contribution in [0.5, 0.6) is 0 Å². The second-order valence-corrected chi connectivity index (χ2v) is 5.47. The van der Waals surface area contributed by atoms with E-state index in [0.717, 1.165) is 25.3 Å². The summed E-state index contributed by atoms with van der Waals surface area (Å²) in [7, 11) is 0. The van der Waals surface area contributed by atoms with E-state index in [4.69, 9.17) is 4.74 Å². The molecule has 20 heavy (non-hydrogen) atoms. The molecule has 1 aliphatic rings. The molecule has 3 heteroatoms. The van der Waals surface area contributed by atoms with Crippen LogP contribution in [-0.4, -0.2) is 24.7 Å². The SMILES string of the molecule is CCNC(c1ccc2ncccc2c1)C1CCCOC1. The van der Waals surface area contributed by atoms with E-state index in [1.807, 2.05) is 12.3 Å². The Morgan fingerprint density at radius 3 is 3.15 bits per heavy atom. The molecule has 1 N–H and O–H groups in total. The van der Waals surface area contributed by atoms with Gasteiger partial charge in [-0.1, -0.05) is 19.1 Å². The maximum atomic E-state index is 5.67. The van der Waals surface area contributed by atoms with E-state index in [2.05, 4.69) is 41.5 Å². The van der Waals surface area contributed by atoms with Gasteiger partial charge in [0.15, 0.2) is 0 Å². The van der Waals surface area contributed by atoms with Crippen LogP contribution in [0.15, 0.2) is 36.5 Å². The number of nitrogens with zero attached hydrogens (tertiary/aromatic N) is 1. The summed E-state index contributed by atoms with van der Waals surface area (Å²) in [6.45, 7) is 4.92. The molecule has 0 spiro atoms. The van der Waals surface area contributed by atoms with Crippen LogP contribution in [0, 0.1) is 5.92 Å². The van der Waals surface area contributed by atoms with E-state index in [-0.39, 0.29) is 0 Å². The van der Waals surface area contributed by atoms with Gasteiger partial charge in [-0.05, 0) is 43.1 Å². The highest BCUT2D eigenvalue weighted by molar-refractivity contribution is 5.79. The van der Waals surface area contributed by atoms with Gasteiger partial charge in [-0.15, -0.1) is 0 Å². The monoisotopic (exact) mass is 270 g/mol. The first-order valence-electron chi connectivity index (χ1n) is 7.54. The standard InChI is InChI=1S/C17H22N2O/c1-2-18-17(15-6-4-10-20-12-15)14-7-8-16-13(11-14)5-3-9-19-16/h3,5,7-9,11,15,17-18H,2,4,6,10,12H2,1H3. The maximum Gasteiger partial charge on any atom is 0.0702 e. The fourth-order valence-corrected chi connectivity index (χ4v) is 3.09. The Morgan fingerprint density at radius 2 is 2.35 bits per heavy atom. The summed E-state index contributed by atoms with van der Waals surface area (Å²) in [6, 6.07) is 11.1. The molecule has 1 aromatic carbocycles. The molecule has 0 aliphatic carbocycles. The molecule has 1 aromatic heterocycles. The fraction of sp³-hybridized carbons (Fsp3) is 0.471. The van der Waals surface area contributed by atoms with E-state index in [0.29, 0.717) is 12.0 Å². The number of hydrogen-bond acceptors (Lipinski definition) is 3. The zero-order chi connectivity index (χ0) is 13.8. The van der Waals surface area contributed by atoms with E-state index >= 15 is 0 Å². The van der Waals surface area contributed by atoms with Crippen LogP contribution >= 0.6 is 0 Å². The predicted octanol–water partition coefficient (Wildman–Crippen LogP) is 3.31. The van der Waals surface area contributed by atoms with Crippen LogP contribution in [0.25, 0.3) is 10.9 Å². The number of fused-ring (bicyclic) bond motifs is 1. The normalized spacial score (nSPS) is 20.9. The quantitative estimate of drug-likeness (QED) is 0.925. The zero-order valence-electron chi connectivity index (χ0n) is 12.0. The van der Waals surface area contributed by atoms with Gasteiger partial charge in [-0.25, -0.2) is 0 Å². The Balaban J connectivity index is 1.91. The molecule has 0 bridgehead atoms. The van der Waals surface area contributed by atoms with Gasteiger partial charge in [0, 0.05) is 30.1 Å². The second kappa shape index (κ2) is 6.33. The van der Waals surface area contributed by atoms with Gasteiger partial charge in [0.2, 0.25) is 0 Å². The molecule has 0 radical (unpaired) electrons. The molecule has 3 nitrogen and oxygen atoms in total. The molecular weight excluding hydrogens is 248 g/mol. The van der Waals surface area contributed by atoms with Crippen molar-refractivity contribution < 1.29 is 4.74 Å². The van der Waals surface area contributed by atoms with Crippen molar-refractivity contribution in [1.82, 2.24) is 10.3 Å². The van der Waals surface area contributed by atoms with Crippen LogP contribution in [0.3, 0.4) is 0 Å². The first-order valence-corrected chi connectivity index (χ1v) is 7.54. The minimum Gasteiger partial charge on any atom is -0.381 e. The van der Waals surface area contributed by atoms with Gasteiger partial charge in [0.05, 0.1) is 12.1 Å². The molecule has 1 saturated heterocycles. The van der Waals surface area contributed by atoms with E-state index < -0.39 is 0 Å². The smallest absolute Gasteiger partial charge is 0.0702 e. The number of nitrogens with one attached hydrogen (secondary N) is 1. The number of ether oxygens (including phenoxy) is 1. The lowest BCUT2D eigenvalue weighted by Gasteiger charge is -2.31. The highest BCUT2D eigenvalue weighted by Crippen LogP contribution is 2.30. The van der Waals surface area contributed by atoms with Crippen LogP contribution in [0.1, 0.15) is 31.4 Å². The van der Waals surface area contributed by atoms with Crippen LogP contribution in [0.4, 0.5) is 0 Å². The molecule has 3 rings (SSSR count). The minimum absolute atomic E-state index is 0.380. The summed E-state index contributed by atoms with van der Waals surface area (Å²) < 4.78 is 5.67. The first-order chi connectivity index (χ1) is 9.88. The lowest BCUT2D eigenvalue weighted by molar-refractivity contribution is 0.0393. The van der Waals surface area contributed by atoms with Crippen molar-refractivity contribution in [3.63, 3.8) is 0 Å². The lowest BCUT2D eigenvalue weighted by Crippen LogP contribution is -2.33. The van der Waals surface area contributed by atoms with Gasteiger partial charge in [0.25, 0.3) is 0 Å². The summed E-state index contributed by atoms with van der Waals surface area (Å²) in [5, 5.41) is 4.85. The molecule has 0 amide bonds. The largest absolute Gasteiger partial charge is 0.381 e. The number of benzene rings is 1. The average Bonchev–Trinajstić information content (AvgIpc) is 2.53. The van der Waals surface area contributed by atoms with Crippen molar-refractivity contribution in [1.29, 1.82) is 0 Å². The first kappa shape index (κ1) is 13.5. The van der Waals surface area contributed by atoms with E-state index in [9.17, 15) is 0 Å². The van der Waals surface area contributed by atoms with Gasteiger partial charge in [-0.2, -0.15) is 0 Å². The van der Waals surface area contributed by atoms with Crippen molar-refractivity contribution in [3.8, 4) is 0 Å². The topological polar surface area (TPSA) is 34.2 Å². The Morgan fingerprint density at radius 1 is 1.40 bits per heavy atom.